The number of sulfonamides is 1. The molecule has 0 unspecified atom stereocenters. The Bertz CT molecular complexity index is 1050. The first kappa shape index (κ1) is 22.2. The Morgan fingerprint density at radius 3 is 2.38 bits per heavy atom. The fourth-order valence-corrected chi connectivity index (χ4v) is 3.48. The van der Waals surface area contributed by atoms with E-state index in [0.29, 0.717) is 13.0 Å². The van der Waals surface area contributed by atoms with Crippen molar-refractivity contribution in [2.45, 2.75) is 31.7 Å². The molecule has 2 amide bonds. The first-order valence-corrected chi connectivity index (χ1v) is 10.3. The summed E-state index contributed by atoms with van der Waals surface area (Å²) < 4.78 is 27.0. The Morgan fingerprint density at radius 2 is 1.76 bits per heavy atom. The van der Waals surface area contributed by atoms with Crippen LogP contribution in [-0.4, -0.2) is 47.9 Å². The monoisotopic (exact) mass is 421 g/mol. The van der Waals surface area contributed by atoms with Gasteiger partial charge in [-0.2, -0.15) is 9.40 Å². The lowest BCUT2D eigenvalue weighted by Gasteiger charge is -2.17. The smallest absolute Gasteiger partial charge is 0.272 e. The van der Waals surface area contributed by atoms with Crippen LogP contribution in [0.1, 0.15) is 29.4 Å². The van der Waals surface area contributed by atoms with Crippen LogP contribution < -0.4 is 16.4 Å². The van der Waals surface area contributed by atoms with Gasteiger partial charge in [-0.15, -0.1) is 0 Å². The number of benzene rings is 1. The third-order valence-electron chi connectivity index (χ3n) is 3.95. The average Bonchev–Trinajstić information content (AvgIpc) is 2.68. The molecule has 11 heteroatoms. The van der Waals surface area contributed by atoms with E-state index in [-0.39, 0.29) is 16.1 Å². The zero-order valence-corrected chi connectivity index (χ0v) is 17.2. The molecule has 156 valence electrons. The predicted molar refractivity (Wildman–Crippen MR) is 105 cm³/mol. The SMILES string of the molecule is CCCn1nc(C(=O)NNC(=O)CN(C)S(=O)(=O)c2ccc(C)cc2)ccc1=O. The standard InChI is InChI=1S/C18H23N5O5S/c1-4-11-23-17(25)10-9-15(21-23)18(26)20-19-16(24)12-22(3)29(27,28)14-7-5-13(2)6-8-14/h5-10H,4,11-12H2,1-3H3,(H,19,24)(H,20,26). The predicted octanol–water partition coefficient (Wildman–Crippen LogP) is 0.0434. The average molecular weight is 421 g/mol. The van der Waals surface area contributed by atoms with Crippen LogP contribution in [0.4, 0.5) is 0 Å². The molecular weight excluding hydrogens is 398 g/mol. The molecule has 0 aliphatic carbocycles. The highest BCUT2D eigenvalue weighted by atomic mass is 32.2. The van der Waals surface area contributed by atoms with Crippen LogP contribution in [-0.2, 0) is 21.4 Å². The Balaban J connectivity index is 1.97. The molecular formula is C18H23N5O5S. The lowest BCUT2D eigenvalue weighted by molar-refractivity contribution is -0.121. The summed E-state index contributed by atoms with van der Waals surface area (Å²) in [6.07, 6.45) is 0.663. The van der Waals surface area contributed by atoms with Crippen LogP contribution in [0.2, 0.25) is 0 Å². The summed E-state index contributed by atoms with van der Waals surface area (Å²) in [4.78, 5) is 35.9. The Labute approximate surface area is 168 Å². The normalized spacial score (nSPS) is 11.3. The van der Waals surface area contributed by atoms with E-state index in [1.165, 1.54) is 31.3 Å². The molecule has 0 spiro atoms. The summed E-state index contributed by atoms with van der Waals surface area (Å²) in [6, 6.07) is 8.68. The topological polar surface area (TPSA) is 130 Å². The van der Waals surface area contributed by atoms with Crippen LogP contribution in [0.25, 0.3) is 0 Å². The van der Waals surface area contributed by atoms with Gasteiger partial charge < -0.3 is 0 Å². The molecule has 29 heavy (non-hydrogen) atoms. The van der Waals surface area contributed by atoms with E-state index in [2.05, 4.69) is 16.0 Å². The van der Waals surface area contributed by atoms with Gasteiger partial charge in [0.25, 0.3) is 17.4 Å². The number of aryl methyl sites for hydroxylation is 2. The zero-order chi connectivity index (χ0) is 21.6. The highest BCUT2D eigenvalue weighted by Gasteiger charge is 2.23. The molecule has 0 saturated carbocycles. The van der Waals surface area contributed by atoms with Gasteiger partial charge in [-0.1, -0.05) is 24.6 Å². The number of nitrogens with zero attached hydrogens (tertiary/aromatic N) is 3. The second-order valence-electron chi connectivity index (χ2n) is 6.36. The molecule has 0 saturated heterocycles. The third kappa shape index (κ3) is 5.72. The van der Waals surface area contributed by atoms with Crippen LogP contribution >= 0.6 is 0 Å². The number of carbonyl (C=O) groups excluding carboxylic acids is 2. The molecule has 1 heterocycles. The highest BCUT2D eigenvalue weighted by Crippen LogP contribution is 2.14. The van der Waals surface area contributed by atoms with Crippen molar-refractivity contribution >= 4 is 21.8 Å². The highest BCUT2D eigenvalue weighted by molar-refractivity contribution is 7.89. The van der Waals surface area contributed by atoms with E-state index >= 15 is 0 Å². The first-order chi connectivity index (χ1) is 13.6. The van der Waals surface area contributed by atoms with Gasteiger partial charge in [0.1, 0.15) is 0 Å². The number of carbonyl (C=O) groups is 2. The quantitative estimate of drug-likeness (QED) is 0.607. The number of hydrogen-bond acceptors (Lipinski definition) is 6. The molecule has 0 aliphatic rings. The lowest BCUT2D eigenvalue weighted by atomic mass is 10.2. The van der Waals surface area contributed by atoms with Crippen LogP contribution in [0.15, 0.2) is 46.1 Å². The molecule has 0 fully saturated rings. The molecule has 10 nitrogen and oxygen atoms in total. The number of hydrogen-bond donors (Lipinski definition) is 2. The number of nitrogens with one attached hydrogen (secondary N) is 2. The number of rotatable bonds is 7. The van der Waals surface area contributed by atoms with Gasteiger partial charge in [-0.25, -0.2) is 13.1 Å². The van der Waals surface area contributed by atoms with Crippen molar-refractivity contribution in [3.8, 4) is 0 Å². The van der Waals surface area contributed by atoms with Crippen LogP contribution in [0.3, 0.4) is 0 Å². The van der Waals surface area contributed by atoms with Crippen molar-refractivity contribution in [3.63, 3.8) is 0 Å². The Hall–Kier alpha value is -3.05. The molecule has 2 N–H and O–H groups in total. The summed E-state index contributed by atoms with van der Waals surface area (Å²) in [5.41, 5.74) is 4.81. The second-order valence-corrected chi connectivity index (χ2v) is 8.40. The third-order valence-corrected chi connectivity index (χ3v) is 5.76. The maximum atomic E-state index is 12.5. The van der Waals surface area contributed by atoms with Gasteiger partial charge in [0.05, 0.1) is 11.4 Å². The fraction of sp³-hybridized carbons (Fsp3) is 0.333. The van der Waals surface area contributed by atoms with Crippen molar-refractivity contribution in [1.82, 2.24) is 24.9 Å². The molecule has 2 aromatic rings. The molecule has 0 bridgehead atoms. The summed E-state index contributed by atoms with van der Waals surface area (Å²) in [7, 11) is -2.59. The van der Waals surface area contributed by atoms with Gasteiger partial charge in [0.2, 0.25) is 10.0 Å². The van der Waals surface area contributed by atoms with Gasteiger partial charge in [0, 0.05) is 19.7 Å². The van der Waals surface area contributed by atoms with Crippen LogP contribution in [0, 0.1) is 6.92 Å². The van der Waals surface area contributed by atoms with E-state index in [1.54, 1.807) is 12.1 Å². The number of hydrazine groups is 1. The van der Waals surface area contributed by atoms with Crippen molar-refractivity contribution in [1.29, 1.82) is 0 Å². The van der Waals surface area contributed by atoms with E-state index in [4.69, 9.17) is 0 Å². The minimum atomic E-state index is -3.85. The zero-order valence-electron chi connectivity index (χ0n) is 16.4. The summed E-state index contributed by atoms with van der Waals surface area (Å²) in [5, 5.41) is 3.92. The van der Waals surface area contributed by atoms with Crippen molar-refractivity contribution in [2.75, 3.05) is 13.6 Å². The fourth-order valence-electron chi connectivity index (χ4n) is 2.35. The molecule has 1 aromatic heterocycles. The molecule has 2 rings (SSSR count). The summed E-state index contributed by atoms with van der Waals surface area (Å²) in [5.74, 6) is -1.47. The minimum absolute atomic E-state index is 0.0565. The molecule has 0 aliphatic heterocycles. The van der Waals surface area contributed by atoms with E-state index < -0.39 is 28.4 Å². The Morgan fingerprint density at radius 1 is 1.10 bits per heavy atom. The van der Waals surface area contributed by atoms with Crippen molar-refractivity contribution < 1.29 is 18.0 Å². The Kier molecular flexibility index (Phi) is 7.23. The van der Waals surface area contributed by atoms with E-state index in [0.717, 1.165) is 14.6 Å². The van der Waals surface area contributed by atoms with Crippen LogP contribution in [0.5, 0.6) is 0 Å². The number of amides is 2. The second kappa shape index (κ2) is 9.43. The molecule has 1 aromatic carbocycles. The van der Waals surface area contributed by atoms with Gasteiger partial charge in [0.15, 0.2) is 5.69 Å². The summed E-state index contributed by atoms with van der Waals surface area (Å²) in [6.45, 7) is 3.55. The van der Waals surface area contributed by atoms with E-state index in [1.807, 2.05) is 13.8 Å². The van der Waals surface area contributed by atoms with Crippen molar-refractivity contribution in [3.05, 3.63) is 58.0 Å². The van der Waals surface area contributed by atoms with Gasteiger partial charge in [-0.05, 0) is 31.5 Å². The lowest BCUT2D eigenvalue weighted by Crippen LogP contribution is -2.47. The minimum Gasteiger partial charge on any atom is -0.272 e. The van der Waals surface area contributed by atoms with E-state index in [9.17, 15) is 22.8 Å². The van der Waals surface area contributed by atoms with Gasteiger partial charge >= 0.3 is 0 Å². The largest absolute Gasteiger partial charge is 0.290 e. The maximum Gasteiger partial charge on any atom is 0.290 e. The molecule has 0 radical (unpaired) electrons. The molecule has 0 atom stereocenters. The van der Waals surface area contributed by atoms with Gasteiger partial charge in [-0.3, -0.25) is 25.2 Å². The maximum absolute atomic E-state index is 12.5. The number of aromatic nitrogens is 2. The van der Waals surface area contributed by atoms with Crippen molar-refractivity contribution in [2.24, 2.45) is 0 Å². The summed E-state index contributed by atoms with van der Waals surface area (Å²) >= 11 is 0. The first-order valence-electron chi connectivity index (χ1n) is 8.85. The number of likely N-dealkylation sites (N-methyl/N-ethyl adjacent to an activating group) is 1.